The van der Waals surface area contributed by atoms with Gasteiger partial charge < -0.3 is 0 Å². The van der Waals surface area contributed by atoms with Crippen LogP contribution in [0.4, 0.5) is 5.69 Å². The second-order valence-corrected chi connectivity index (χ2v) is 8.51. The fraction of sp³-hybridized carbons (Fsp3) is 0.333. The van der Waals surface area contributed by atoms with Crippen LogP contribution < -0.4 is 4.90 Å². The SMILES string of the molecule is CCc1cccc(C)c1N1C(=O)CC(c2c(Cl)cccc2Cl)C2=C1CCCC2=O. The van der Waals surface area contributed by atoms with Crippen molar-refractivity contribution in [1.29, 1.82) is 0 Å². The Labute approximate surface area is 181 Å². The first-order chi connectivity index (χ1) is 13.9. The molecule has 0 spiro atoms. The van der Waals surface area contributed by atoms with Crippen molar-refractivity contribution in [3.05, 3.63) is 74.4 Å². The van der Waals surface area contributed by atoms with E-state index < -0.39 is 5.92 Å². The van der Waals surface area contributed by atoms with E-state index in [0.29, 0.717) is 34.0 Å². The second-order valence-electron chi connectivity index (χ2n) is 7.69. The fourth-order valence-electron chi connectivity index (χ4n) is 4.67. The maximum Gasteiger partial charge on any atom is 0.232 e. The minimum Gasteiger partial charge on any atom is -0.294 e. The number of carbonyl (C=O) groups is 2. The number of aryl methyl sites for hydroxylation is 2. The van der Waals surface area contributed by atoms with Gasteiger partial charge in [0, 0.05) is 40.1 Å². The van der Waals surface area contributed by atoms with E-state index in [9.17, 15) is 9.59 Å². The summed E-state index contributed by atoms with van der Waals surface area (Å²) in [6.07, 6.45) is 2.94. The van der Waals surface area contributed by atoms with Crippen molar-refractivity contribution in [3.8, 4) is 0 Å². The van der Waals surface area contributed by atoms with Crippen molar-refractivity contribution >= 4 is 40.6 Å². The Bertz CT molecular complexity index is 1020. The first kappa shape index (κ1) is 20.2. The number of carbonyl (C=O) groups excluding carboxylic acids is 2. The third-order valence-corrected chi connectivity index (χ3v) is 6.61. The van der Waals surface area contributed by atoms with Gasteiger partial charge in [0.15, 0.2) is 5.78 Å². The van der Waals surface area contributed by atoms with Gasteiger partial charge in [-0.15, -0.1) is 0 Å². The molecule has 150 valence electrons. The molecular weight excluding hydrogens is 405 g/mol. The fourth-order valence-corrected chi connectivity index (χ4v) is 5.33. The number of amides is 1. The molecule has 2 aromatic carbocycles. The predicted octanol–water partition coefficient (Wildman–Crippen LogP) is 6.39. The summed E-state index contributed by atoms with van der Waals surface area (Å²) in [5.74, 6) is -0.309. The number of rotatable bonds is 3. The third-order valence-electron chi connectivity index (χ3n) is 5.95. The Balaban J connectivity index is 1.96. The van der Waals surface area contributed by atoms with Gasteiger partial charge in [-0.2, -0.15) is 0 Å². The molecule has 1 amide bonds. The maximum absolute atomic E-state index is 13.5. The highest BCUT2D eigenvalue weighted by molar-refractivity contribution is 6.36. The zero-order valence-electron chi connectivity index (χ0n) is 16.6. The number of anilines is 1. The van der Waals surface area contributed by atoms with Crippen LogP contribution in [-0.2, 0) is 16.0 Å². The van der Waals surface area contributed by atoms with Crippen molar-refractivity contribution in [3.63, 3.8) is 0 Å². The zero-order valence-corrected chi connectivity index (χ0v) is 18.1. The molecule has 0 aromatic heterocycles. The van der Waals surface area contributed by atoms with Crippen LogP contribution in [0.25, 0.3) is 0 Å². The van der Waals surface area contributed by atoms with E-state index >= 15 is 0 Å². The van der Waals surface area contributed by atoms with Gasteiger partial charge in [0.05, 0.1) is 5.69 Å². The average Bonchev–Trinajstić information content (AvgIpc) is 2.68. The average molecular weight is 428 g/mol. The quantitative estimate of drug-likeness (QED) is 0.568. The normalized spacial score (nSPS) is 19.6. The summed E-state index contributed by atoms with van der Waals surface area (Å²) < 4.78 is 0. The van der Waals surface area contributed by atoms with Gasteiger partial charge in [-0.1, -0.05) is 54.4 Å². The van der Waals surface area contributed by atoms with Crippen molar-refractivity contribution in [2.24, 2.45) is 0 Å². The van der Waals surface area contributed by atoms with Crippen molar-refractivity contribution in [1.82, 2.24) is 0 Å². The van der Waals surface area contributed by atoms with Crippen molar-refractivity contribution in [2.45, 2.75) is 51.9 Å². The molecule has 0 bridgehead atoms. The largest absolute Gasteiger partial charge is 0.294 e. The van der Waals surface area contributed by atoms with Gasteiger partial charge >= 0.3 is 0 Å². The van der Waals surface area contributed by atoms with Crippen LogP contribution in [0.3, 0.4) is 0 Å². The molecule has 1 aliphatic carbocycles. The molecule has 2 aromatic rings. The number of hydrogen-bond donors (Lipinski definition) is 0. The van der Waals surface area contributed by atoms with Crippen molar-refractivity contribution in [2.75, 3.05) is 4.90 Å². The van der Waals surface area contributed by atoms with E-state index in [1.165, 1.54) is 0 Å². The lowest BCUT2D eigenvalue weighted by Gasteiger charge is -2.40. The van der Waals surface area contributed by atoms with E-state index in [1.54, 1.807) is 18.2 Å². The number of halogens is 2. The molecule has 5 heteroatoms. The second kappa shape index (κ2) is 7.97. The maximum atomic E-state index is 13.5. The molecule has 1 aliphatic heterocycles. The van der Waals surface area contributed by atoms with Gasteiger partial charge in [-0.3, -0.25) is 14.5 Å². The molecule has 0 saturated carbocycles. The van der Waals surface area contributed by atoms with Crippen LogP contribution >= 0.6 is 23.2 Å². The van der Waals surface area contributed by atoms with E-state index in [4.69, 9.17) is 23.2 Å². The Hall–Kier alpha value is -2.10. The topological polar surface area (TPSA) is 37.4 Å². The molecule has 0 fully saturated rings. The van der Waals surface area contributed by atoms with E-state index in [1.807, 2.05) is 24.0 Å². The van der Waals surface area contributed by atoms with Crippen LogP contribution in [0.2, 0.25) is 10.0 Å². The summed E-state index contributed by atoms with van der Waals surface area (Å²) in [7, 11) is 0. The van der Waals surface area contributed by atoms with Gasteiger partial charge in [-0.25, -0.2) is 0 Å². The molecule has 0 radical (unpaired) electrons. The minimum absolute atomic E-state index is 0.0107. The highest BCUT2D eigenvalue weighted by atomic mass is 35.5. The van der Waals surface area contributed by atoms with Crippen LogP contribution in [0, 0.1) is 6.92 Å². The van der Waals surface area contributed by atoms with Gasteiger partial charge in [0.2, 0.25) is 5.91 Å². The lowest BCUT2D eigenvalue weighted by Crippen LogP contribution is -2.41. The Morgan fingerprint density at radius 1 is 1.03 bits per heavy atom. The Kier molecular flexibility index (Phi) is 5.54. The van der Waals surface area contributed by atoms with Crippen LogP contribution in [-0.4, -0.2) is 11.7 Å². The third kappa shape index (κ3) is 3.41. The molecular formula is C24H23Cl2NO2. The number of para-hydroxylation sites is 1. The molecule has 0 saturated heterocycles. The van der Waals surface area contributed by atoms with Crippen LogP contribution in [0.15, 0.2) is 47.7 Å². The lowest BCUT2D eigenvalue weighted by molar-refractivity contribution is -0.119. The first-order valence-corrected chi connectivity index (χ1v) is 10.8. The molecule has 1 heterocycles. The summed E-state index contributed by atoms with van der Waals surface area (Å²) in [5, 5.41) is 0.998. The summed E-state index contributed by atoms with van der Waals surface area (Å²) in [6, 6.07) is 11.4. The zero-order chi connectivity index (χ0) is 20.7. The van der Waals surface area contributed by atoms with Crippen LogP contribution in [0.1, 0.15) is 55.2 Å². The summed E-state index contributed by atoms with van der Waals surface area (Å²) in [5.41, 5.74) is 5.28. The number of nitrogens with zero attached hydrogens (tertiary/aromatic N) is 1. The molecule has 29 heavy (non-hydrogen) atoms. The summed E-state index contributed by atoms with van der Waals surface area (Å²) in [4.78, 5) is 28.4. The van der Waals surface area contributed by atoms with E-state index in [2.05, 4.69) is 13.0 Å². The standard InChI is InChI=1S/C24H23Cl2NO2/c1-3-15-8-4-7-14(2)24(15)27-19-11-6-12-20(28)23(19)16(13-21(27)29)22-17(25)9-5-10-18(22)26/h4-5,7-10,16H,3,6,11-13H2,1-2H3. The summed E-state index contributed by atoms with van der Waals surface area (Å²) >= 11 is 12.9. The number of allylic oxidation sites excluding steroid dienone is 2. The molecule has 1 unspecified atom stereocenters. The lowest BCUT2D eigenvalue weighted by atomic mass is 9.76. The number of benzene rings is 2. The Morgan fingerprint density at radius 3 is 2.41 bits per heavy atom. The van der Waals surface area contributed by atoms with E-state index in [0.717, 1.165) is 35.4 Å². The van der Waals surface area contributed by atoms with E-state index in [-0.39, 0.29) is 18.1 Å². The van der Waals surface area contributed by atoms with Gasteiger partial charge in [0.1, 0.15) is 0 Å². The molecule has 1 atom stereocenters. The molecule has 4 rings (SSSR count). The van der Waals surface area contributed by atoms with Gasteiger partial charge in [0.25, 0.3) is 0 Å². The minimum atomic E-state index is -0.392. The summed E-state index contributed by atoms with van der Waals surface area (Å²) in [6.45, 7) is 4.10. The first-order valence-electron chi connectivity index (χ1n) is 10.1. The molecule has 2 aliphatic rings. The van der Waals surface area contributed by atoms with Gasteiger partial charge in [-0.05, 0) is 55.0 Å². The number of ketones is 1. The van der Waals surface area contributed by atoms with Crippen molar-refractivity contribution < 1.29 is 9.59 Å². The highest BCUT2D eigenvalue weighted by Gasteiger charge is 2.41. The predicted molar refractivity (Wildman–Crippen MR) is 118 cm³/mol. The highest BCUT2D eigenvalue weighted by Crippen LogP contribution is 2.47. The molecule has 3 nitrogen and oxygen atoms in total. The monoisotopic (exact) mass is 427 g/mol. The number of Topliss-reactive ketones (excluding diaryl/α,β-unsaturated/α-hetero) is 1. The molecule has 0 N–H and O–H groups in total. The van der Waals surface area contributed by atoms with Crippen LogP contribution in [0.5, 0.6) is 0 Å². The smallest absolute Gasteiger partial charge is 0.232 e. The number of hydrogen-bond acceptors (Lipinski definition) is 2. The Morgan fingerprint density at radius 2 is 1.72 bits per heavy atom.